The molecule has 6 heteroatoms. The zero-order valence-corrected chi connectivity index (χ0v) is 14.7. The molecule has 0 aliphatic carbocycles. The molecule has 0 spiro atoms. The third kappa shape index (κ3) is 3.29. The van der Waals surface area contributed by atoms with E-state index in [2.05, 4.69) is 14.7 Å². The Balaban J connectivity index is 1.88. The van der Waals surface area contributed by atoms with Crippen LogP contribution in [0.5, 0.6) is 0 Å². The average molecular weight is 341 g/mol. The van der Waals surface area contributed by atoms with Crippen LogP contribution in [0.3, 0.4) is 0 Å². The molecule has 0 bridgehead atoms. The fourth-order valence-corrected chi connectivity index (χ4v) is 3.85. The number of aryl methyl sites for hydroxylation is 3. The van der Waals surface area contributed by atoms with Gasteiger partial charge in [-0.05, 0) is 44.5 Å². The number of hydrogen-bond donors (Lipinski definition) is 1. The van der Waals surface area contributed by atoms with Crippen molar-refractivity contribution in [1.29, 1.82) is 0 Å². The van der Waals surface area contributed by atoms with Gasteiger partial charge in [0.25, 0.3) is 0 Å². The van der Waals surface area contributed by atoms with Gasteiger partial charge in [-0.1, -0.05) is 29.8 Å². The van der Waals surface area contributed by atoms with Crippen LogP contribution in [-0.2, 0) is 16.6 Å². The van der Waals surface area contributed by atoms with E-state index in [9.17, 15) is 8.42 Å². The molecule has 1 aromatic heterocycles. The summed E-state index contributed by atoms with van der Waals surface area (Å²) in [6, 6.07) is 12.8. The lowest BCUT2D eigenvalue weighted by Gasteiger charge is -2.11. The van der Waals surface area contributed by atoms with Crippen molar-refractivity contribution in [1.82, 2.24) is 14.7 Å². The van der Waals surface area contributed by atoms with Gasteiger partial charge in [0, 0.05) is 0 Å². The first-order valence-electron chi connectivity index (χ1n) is 7.66. The van der Waals surface area contributed by atoms with E-state index in [-0.39, 0.29) is 6.54 Å². The average Bonchev–Trinajstić information content (AvgIpc) is 2.52. The second kappa shape index (κ2) is 6.30. The van der Waals surface area contributed by atoms with Crippen molar-refractivity contribution in [2.75, 3.05) is 0 Å². The van der Waals surface area contributed by atoms with Gasteiger partial charge in [-0.25, -0.2) is 23.1 Å². The van der Waals surface area contributed by atoms with Gasteiger partial charge in [-0.3, -0.25) is 0 Å². The molecule has 1 N–H and O–H groups in total. The van der Waals surface area contributed by atoms with Crippen LogP contribution in [0.1, 0.15) is 22.5 Å². The van der Waals surface area contributed by atoms with E-state index in [0.717, 1.165) is 27.9 Å². The minimum Gasteiger partial charge on any atom is -0.250 e. The van der Waals surface area contributed by atoms with Gasteiger partial charge in [0.05, 0.1) is 33.9 Å². The molecule has 0 aliphatic rings. The van der Waals surface area contributed by atoms with Crippen molar-refractivity contribution in [3.05, 3.63) is 65.0 Å². The molecule has 0 amide bonds. The second-order valence-corrected chi connectivity index (χ2v) is 7.57. The Kier molecular flexibility index (Phi) is 4.34. The number of sulfonamides is 1. The lowest BCUT2D eigenvalue weighted by molar-refractivity contribution is 0.579. The molecule has 1 heterocycles. The highest BCUT2D eigenvalue weighted by Crippen LogP contribution is 2.17. The molecule has 0 saturated carbocycles. The number of para-hydroxylation sites is 2. The lowest BCUT2D eigenvalue weighted by atomic mass is 10.2. The van der Waals surface area contributed by atoms with Crippen LogP contribution in [0.2, 0.25) is 0 Å². The van der Waals surface area contributed by atoms with Crippen molar-refractivity contribution < 1.29 is 8.42 Å². The van der Waals surface area contributed by atoms with Crippen molar-refractivity contribution in [2.45, 2.75) is 32.2 Å². The molecule has 0 saturated heterocycles. The largest absolute Gasteiger partial charge is 0.250 e. The van der Waals surface area contributed by atoms with E-state index >= 15 is 0 Å². The molecule has 3 rings (SSSR count). The number of hydrogen-bond acceptors (Lipinski definition) is 4. The predicted octanol–water partition coefficient (Wildman–Crippen LogP) is 3.03. The number of rotatable bonds is 4. The zero-order valence-electron chi connectivity index (χ0n) is 13.9. The molecule has 3 aromatic rings. The Morgan fingerprint density at radius 2 is 1.62 bits per heavy atom. The summed E-state index contributed by atoms with van der Waals surface area (Å²) in [5.74, 6) is 0. The number of fused-ring (bicyclic) bond motifs is 1. The van der Waals surface area contributed by atoms with Gasteiger partial charge in [0.1, 0.15) is 0 Å². The highest BCUT2D eigenvalue weighted by Gasteiger charge is 2.17. The third-order valence-corrected chi connectivity index (χ3v) is 5.45. The van der Waals surface area contributed by atoms with Crippen LogP contribution in [-0.4, -0.2) is 18.4 Å². The van der Waals surface area contributed by atoms with Crippen LogP contribution < -0.4 is 4.72 Å². The molecule has 0 radical (unpaired) electrons. The summed E-state index contributed by atoms with van der Waals surface area (Å²) in [6.45, 7) is 5.67. The minimum atomic E-state index is -3.59. The monoisotopic (exact) mass is 341 g/mol. The third-order valence-electron chi connectivity index (χ3n) is 3.89. The fraction of sp³-hybridized carbons (Fsp3) is 0.222. The minimum absolute atomic E-state index is 0.110. The fourth-order valence-electron chi connectivity index (χ4n) is 2.63. The summed E-state index contributed by atoms with van der Waals surface area (Å²) in [5.41, 5.74) is 4.66. The summed E-state index contributed by atoms with van der Waals surface area (Å²) < 4.78 is 27.7. The van der Waals surface area contributed by atoms with Gasteiger partial charge < -0.3 is 0 Å². The predicted molar refractivity (Wildman–Crippen MR) is 94.2 cm³/mol. The second-order valence-electron chi connectivity index (χ2n) is 5.84. The number of nitrogens with one attached hydrogen (secondary N) is 1. The van der Waals surface area contributed by atoms with Gasteiger partial charge in [0.2, 0.25) is 10.0 Å². The van der Waals surface area contributed by atoms with Crippen LogP contribution in [0, 0.1) is 20.8 Å². The summed E-state index contributed by atoms with van der Waals surface area (Å²) in [4.78, 5) is 9.29. The maximum absolute atomic E-state index is 12.6. The maximum atomic E-state index is 12.6. The van der Waals surface area contributed by atoms with E-state index in [0.29, 0.717) is 10.6 Å². The quantitative estimate of drug-likeness (QED) is 0.792. The van der Waals surface area contributed by atoms with Crippen molar-refractivity contribution in [3.63, 3.8) is 0 Å². The van der Waals surface area contributed by atoms with E-state index in [1.54, 1.807) is 19.1 Å². The standard InChI is InChI=1S/C18H19N3O2S/c1-12-8-9-18(13(2)10-12)24(22,23)19-11-17-14(3)20-15-6-4-5-7-16(15)21-17/h4-10,19H,11H2,1-3H3. The normalized spacial score (nSPS) is 11.8. The Labute approximate surface area is 141 Å². The molecular formula is C18H19N3O2S. The Morgan fingerprint density at radius 3 is 2.29 bits per heavy atom. The van der Waals surface area contributed by atoms with Crippen molar-refractivity contribution in [2.24, 2.45) is 0 Å². The topological polar surface area (TPSA) is 72.0 Å². The molecule has 5 nitrogen and oxygen atoms in total. The van der Waals surface area contributed by atoms with Gasteiger partial charge in [-0.15, -0.1) is 0 Å². The molecule has 2 aromatic carbocycles. The molecule has 124 valence electrons. The smallest absolute Gasteiger partial charge is 0.241 e. The molecule has 0 fully saturated rings. The van der Waals surface area contributed by atoms with Crippen molar-refractivity contribution >= 4 is 21.1 Å². The summed E-state index contributed by atoms with van der Waals surface area (Å²) in [7, 11) is -3.59. The molecule has 0 unspecified atom stereocenters. The first kappa shape index (κ1) is 16.5. The number of benzene rings is 2. The Hall–Kier alpha value is -2.31. The first-order valence-corrected chi connectivity index (χ1v) is 9.14. The summed E-state index contributed by atoms with van der Waals surface area (Å²) in [6.07, 6.45) is 0. The Bertz CT molecular complexity index is 1010. The van der Waals surface area contributed by atoms with Gasteiger partial charge in [0.15, 0.2) is 0 Å². The van der Waals surface area contributed by atoms with E-state index in [4.69, 9.17) is 0 Å². The molecule has 24 heavy (non-hydrogen) atoms. The molecule has 0 atom stereocenters. The van der Waals surface area contributed by atoms with Crippen molar-refractivity contribution in [3.8, 4) is 0 Å². The molecule has 0 aliphatic heterocycles. The number of nitrogens with zero attached hydrogens (tertiary/aromatic N) is 2. The van der Waals surface area contributed by atoms with Crippen LogP contribution in [0.25, 0.3) is 11.0 Å². The lowest BCUT2D eigenvalue weighted by Crippen LogP contribution is -2.25. The summed E-state index contributed by atoms with van der Waals surface area (Å²) >= 11 is 0. The van der Waals surface area contributed by atoms with Gasteiger partial charge >= 0.3 is 0 Å². The van der Waals surface area contributed by atoms with E-state index in [1.807, 2.05) is 44.2 Å². The molecular weight excluding hydrogens is 322 g/mol. The van der Waals surface area contributed by atoms with Crippen LogP contribution in [0.4, 0.5) is 0 Å². The van der Waals surface area contributed by atoms with Crippen LogP contribution >= 0.6 is 0 Å². The zero-order chi connectivity index (χ0) is 17.3. The first-order chi connectivity index (χ1) is 11.4. The highest BCUT2D eigenvalue weighted by molar-refractivity contribution is 7.89. The number of aromatic nitrogens is 2. The van der Waals surface area contributed by atoms with Gasteiger partial charge in [-0.2, -0.15) is 0 Å². The van der Waals surface area contributed by atoms with E-state index < -0.39 is 10.0 Å². The van der Waals surface area contributed by atoms with Crippen LogP contribution in [0.15, 0.2) is 47.4 Å². The highest BCUT2D eigenvalue weighted by atomic mass is 32.2. The Morgan fingerprint density at radius 1 is 0.958 bits per heavy atom. The van der Waals surface area contributed by atoms with E-state index in [1.165, 1.54) is 0 Å². The maximum Gasteiger partial charge on any atom is 0.241 e. The summed E-state index contributed by atoms with van der Waals surface area (Å²) in [5, 5.41) is 0. The SMILES string of the molecule is Cc1ccc(S(=O)(=O)NCc2nc3ccccc3nc2C)c(C)c1.